The number of benzene rings is 2. The normalized spacial score (nSPS) is 11.2. The molecule has 132 valence electrons. The SMILES string of the molecule is Cc1cccc(-n2c(C)cc(C=Nc3ccc([N+](=O)[O-])cc3C)c2C)c1. The number of non-ortho nitro benzene ring substituents is 1. The van der Waals surface area contributed by atoms with E-state index in [0.29, 0.717) is 0 Å². The smallest absolute Gasteiger partial charge is 0.269 e. The van der Waals surface area contributed by atoms with Crippen LogP contribution in [0.1, 0.15) is 28.1 Å². The van der Waals surface area contributed by atoms with Gasteiger partial charge in [0.15, 0.2) is 0 Å². The lowest BCUT2D eigenvalue weighted by Gasteiger charge is -2.10. The fourth-order valence-corrected chi connectivity index (χ4v) is 3.12. The van der Waals surface area contributed by atoms with Crippen LogP contribution in [0.4, 0.5) is 11.4 Å². The van der Waals surface area contributed by atoms with Gasteiger partial charge in [0.05, 0.1) is 10.6 Å². The van der Waals surface area contributed by atoms with Gasteiger partial charge in [-0.25, -0.2) is 0 Å². The molecule has 5 heteroatoms. The second-order valence-corrected chi connectivity index (χ2v) is 6.49. The second kappa shape index (κ2) is 6.96. The Balaban J connectivity index is 1.95. The van der Waals surface area contributed by atoms with E-state index in [-0.39, 0.29) is 5.69 Å². The molecule has 26 heavy (non-hydrogen) atoms. The molecular weight excluding hydrogens is 326 g/mol. The molecule has 0 fully saturated rings. The highest BCUT2D eigenvalue weighted by molar-refractivity contribution is 5.84. The quantitative estimate of drug-likeness (QED) is 0.362. The minimum atomic E-state index is -0.393. The Hall–Kier alpha value is -3.21. The largest absolute Gasteiger partial charge is 0.318 e. The van der Waals surface area contributed by atoms with Crippen LogP contribution in [-0.4, -0.2) is 15.7 Å². The number of rotatable bonds is 4. The van der Waals surface area contributed by atoms with E-state index in [9.17, 15) is 10.1 Å². The van der Waals surface area contributed by atoms with Gasteiger partial charge in [0.1, 0.15) is 0 Å². The predicted octanol–water partition coefficient (Wildman–Crippen LogP) is 5.37. The lowest BCUT2D eigenvalue weighted by atomic mass is 10.2. The van der Waals surface area contributed by atoms with Crippen LogP contribution in [0.3, 0.4) is 0 Å². The van der Waals surface area contributed by atoms with E-state index in [0.717, 1.165) is 33.9 Å². The highest BCUT2D eigenvalue weighted by Crippen LogP contribution is 2.25. The van der Waals surface area contributed by atoms with Crippen LogP contribution in [0.15, 0.2) is 53.5 Å². The molecule has 3 rings (SSSR count). The van der Waals surface area contributed by atoms with E-state index in [1.807, 2.05) is 13.1 Å². The predicted molar refractivity (Wildman–Crippen MR) is 105 cm³/mol. The summed E-state index contributed by atoms with van der Waals surface area (Å²) in [6, 6.07) is 15.2. The molecule has 5 nitrogen and oxygen atoms in total. The number of nitro groups is 1. The molecule has 0 spiro atoms. The van der Waals surface area contributed by atoms with E-state index in [2.05, 4.69) is 60.7 Å². The van der Waals surface area contributed by atoms with Gasteiger partial charge in [-0.1, -0.05) is 12.1 Å². The number of nitro benzene ring substituents is 1. The molecule has 1 heterocycles. The second-order valence-electron chi connectivity index (χ2n) is 6.49. The number of aryl methyl sites for hydroxylation is 3. The molecular formula is C21H21N3O2. The van der Waals surface area contributed by atoms with Crippen molar-refractivity contribution in [3.8, 4) is 5.69 Å². The van der Waals surface area contributed by atoms with Gasteiger partial charge in [-0.15, -0.1) is 0 Å². The monoisotopic (exact) mass is 347 g/mol. The maximum absolute atomic E-state index is 10.9. The first-order chi connectivity index (χ1) is 12.4. The van der Waals surface area contributed by atoms with Gasteiger partial charge >= 0.3 is 0 Å². The third-order valence-corrected chi connectivity index (χ3v) is 4.46. The Kier molecular flexibility index (Phi) is 4.71. The zero-order chi connectivity index (χ0) is 18.8. The molecule has 3 aromatic rings. The standard InChI is InChI=1S/C21H21N3O2/c1-14-6-5-7-19(10-14)23-16(3)12-18(17(23)4)13-22-21-9-8-20(24(25)26)11-15(21)2/h5-13H,1-4H3. The third-order valence-electron chi connectivity index (χ3n) is 4.46. The molecule has 0 amide bonds. The van der Waals surface area contributed by atoms with Crippen LogP contribution in [0.5, 0.6) is 0 Å². The number of nitrogens with zero attached hydrogens (tertiary/aromatic N) is 3. The van der Waals surface area contributed by atoms with Gasteiger partial charge in [-0.2, -0.15) is 0 Å². The first kappa shape index (κ1) is 17.6. The van der Waals surface area contributed by atoms with Gasteiger partial charge in [0.2, 0.25) is 0 Å². The topological polar surface area (TPSA) is 60.4 Å². The average molecular weight is 347 g/mol. The van der Waals surface area contributed by atoms with E-state index < -0.39 is 4.92 Å². The van der Waals surface area contributed by atoms with E-state index in [1.165, 1.54) is 11.6 Å². The summed E-state index contributed by atoms with van der Waals surface area (Å²) in [6.45, 7) is 8.05. The summed E-state index contributed by atoms with van der Waals surface area (Å²) in [4.78, 5) is 15.0. The number of hydrogen-bond donors (Lipinski definition) is 0. The molecule has 0 saturated carbocycles. The Morgan fingerprint density at radius 2 is 1.81 bits per heavy atom. The van der Waals surface area contributed by atoms with Crippen LogP contribution >= 0.6 is 0 Å². The van der Waals surface area contributed by atoms with Gasteiger partial charge in [0.25, 0.3) is 5.69 Å². The van der Waals surface area contributed by atoms with Crippen LogP contribution in [0.2, 0.25) is 0 Å². The molecule has 0 unspecified atom stereocenters. The highest BCUT2D eigenvalue weighted by atomic mass is 16.6. The number of hydrogen-bond acceptors (Lipinski definition) is 3. The van der Waals surface area contributed by atoms with Crippen molar-refractivity contribution in [2.24, 2.45) is 4.99 Å². The zero-order valence-corrected chi connectivity index (χ0v) is 15.4. The highest BCUT2D eigenvalue weighted by Gasteiger charge is 2.10. The molecule has 0 bridgehead atoms. The minimum absolute atomic E-state index is 0.0825. The maximum Gasteiger partial charge on any atom is 0.269 e. The molecule has 0 radical (unpaired) electrons. The average Bonchev–Trinajstić information content (AvgIpc) is 2.87. The van der Waals surface area contributed by atoms with Crippen LogP contribution in [0, 0.1) is 37.8 Å². The zero-order valence-electron chi connectivity index (χ0n) is 15.4. The van der Waals surface area contributed by atoms with Crippen LogP contribution in [0.25, 0.3) is 5.69 Å². The molecule has 2 aromatic carbocycles. The minimum Gasteiger partial charge on any atom is -0.318 e. The first-order valence-electron chi connectivity index (χ1n) is 8.42. The van der Waals surface area contributed by atoms with E-state index >= 15 is 0 Å². The summed E-state index contributed by atoms with van der Waals surface area (Å²) in [5, 5.41) is 10.9. The Bertz CT molecular complexity index is 1020. The molecule has 0 N–H and O–H groups in total. The summed E-state index contributed by atoms with van der Waals surface area (Å²) >= 11 is 0. The molecule has 0 aliphatic carbocycles. The fraction of sp³-hybridized carbons (Fsp3) is 0.190. The summed E-state index contributed by atoms with van der Waals surface area (Å²) in [7, 11) is 0. The lowest BCUT2D eigenvalue weighted by molar-refractivity contribution is -0.384. The molecule has 0 atom stereocenters. The van der Waals surface area contributed by atoms with Crippen molar-refractivity contribution < 1.29 is 4.92 Å². The van der Waals surface area contributed by atoms with Crippen molar-refractivity contribution in [2.45, 2.75) is 27.7 Å². The van der Waals surface area contributed by atoms with Crippen molar-refractivity contribution in [2.75, 3.05) is 0 Å². The van der Waals surface area contributed by atoms with Gasteiger partial charge in [0, 0.05) is 41.0 Å². The number of aliphatic imine (C=N–C) groups is 1. The fourth-order valence-electron chi connectivity index (χ4n) is 3.12. The number of aromatic nitrogens is 1. The Morgan fingerprint density at radius 3 is 2.46 bits per heavy atom. The Morgan fingerprint density at radius 1 is 1.04 bits per heavy atom. The maximum atomic E-state index is 10.9. The summed E-state index contributed by atoms with van der Waals surface area (Å²) in [5.74, 6) is 0. The van der Waals surface area contributed by atoms with Crippen LogP contribution in [-0.2, 0) is 0 Å². The summed E-state index contributed by atoms with van der Waals surface area (Å²) in [5.41, 5.74) is 7.21. The van der Waals surface area contributed by atoms with E-state index in [4.69, 9.17) is 0 Å². The molecule has 0 aliphatic heterocycles. The van der Waals surface area contributed by atoms with Crippen molar-refractivity contribution in [1.82, 2.24) is 4.57 Å². The van der Waals surface area contributed by atoms with Crippen molar-refractivity contribution in [3.05, 3.63) is 86.7 Å². The van der Waals surface area contributed by atoms with Gasteiger partial charge < -0.3 is 4.57 Å². The van der Waals surface area contributed by atoms with Crippen LogP contribution < -0.4 is 0 Å². The summed E-state index contributed by atoms with van der Waals surface area (Å²) in [6.07, 6.45) is 1.82. The summed E-state index contributed by atoms with van der Waals surface area (Å²) < 4.78 is 2.21. The van der Waals surface area contributed by atoms with Crippen molar-refractivity contribution in [1.29, 1.82) is 0 Å². The van der Waals surface area contributed by atoms with Gasteiger partial charge in [-0.3, -0.25) is 15.1 Å². The Labute approximate surface area is 152 Å². The lowest BCUT2D eigenvalue weighted by Crippen LogP contribution is -1.99. The molecule has 0 saturated heterocycles. The third kappa shape index (κ3) is 3.42. The first-order valence-corrected chi connectivity index (χ1v) is 8.42. The van der Waals surface area contributed by atoms with Gasteiger partial charge in [-0.05, 0) is 63.1 Å². The molecule has 0 aliphatic rings. The van der Waals surface area contributed by atoms with E-state index in [1.54, 1.807) is 12.1 Å². The molecule has 1 aromatic heterocycles. The van der Waals surface area contributed by atoms with Crippen molar-refractivity contribution in [3.63, 3.8) is 0 Å². The van der Waals surface area contributed by atoms with Crippen molar-refractivity contribution >= 4 is 17.6 Å².